The van der Waals surface area contributed by atoms with Crippen LogP contribution in [0.1, 0.15) is 88.2 Å². The number of rotatable bonds is 21. The van der Waals surface area contributed by atoms with Gasteiger partial charge in [-0.25, -0.2) is 14.8 Å². The van der Waals surface area contributed by atoms with Crippen molar-refractivity contribution in [2.24, 2.45) is 22.9 Å². The second kappa shape index (κ2) is 22.4. The highest BCUT2D eigenvalue weighted by atomic mass is 32.1. The van der Waals surface area contributed by atoms with Gasteiger partial charge in [0.1, 0.15) is 17.2 Å². The molecule has 12 heteroatoms. The Hall–Kier alpha value is -4.78. The number of aromatic nitrogens is 1. The lowest BCUT2D eigenvalue weighted by Crippen LogP contribution is -2.27. The summed E-state index contributed by atoms with van der Waals surface area (Å²) >= 11 is 1.61. The number of methoxy groups -OCH3 is 1. The number of hydrogen-bond acceptors (Lipinski definition) is 12. The maximum atomic E-state index is 13.1. The summed E-state index contributed by atoms with van der Waals surface area (Å²) in [4.78, 5) is 29.2. The Morgan fingerprint density at radius 3 is 2.40 bits per heavy atom. The van der Waals surface area contributed by atoms with Crippen LogP contribution in [0.5, 0.6) is 17.2 Å². The van der Waals surface area contributed by atoms with Crippen molar-refractivity contribution < 1.29 is 38.0 Å². The average Bonchev–Trinajstić information content (AvgIpc) is 3.69. The Morgan fingerprint density at radius 2 is 1.66 bits per heavy atom. The summed E-state index contributed by atoms with van der Waals surface area (Å²) in [5, 5.41) is 7.77. The number of hydrazone groups is 1. The lowest BCUT2D eigenvalue weighted by atomic mass is 9.77. The second-order valence-corrected chi connectivity index (χ2v) is 16.1. The van der Waals surface area contributed by atoms with E-state index in [-0.39, 0.29) is 18.7 Å². The fourth-order valence-electron chi connectivity index (χ4n) is 7.74. The number of benzene rings is 3. The fourth-order valence-corrected chi connectivity index (χ4v) is 8.69. The van der Waals surface area contributed by atoms with Crippen molar-refractivity contribution in [1.29, 1.82) is 0 Å². The molecule has 0 unspecified atom stereocenters. The molecule has 1 heterocycles. The number of carbonyl (C=O) groups is 2. The number of carbonyl (C=O) groups excluding carboxylic acids is 2. The largest absolute Gasteiger partial charge is 0.493 e. The van der Waals surface area contributed by atoms with E-state index < -0.39 is 5.97 Å². The van der Waals surface area contributed by atoms with Crippen molar-refractivity contribution in [2.45, 2.75) is 77.0 Å². The van der Waals surface area contributed by atoms with Crippen LogP contribution in [-0.2, 0) is 23.8 Å². The normalized spacial score (nSPS) is 19.5. The highest BCUT2D eigenvalue weighted by molar-refractivity contribution is 7.22. The Morgan fingerprint density at radius 1 is 0.897 bits per heavy atom. The maximum absolute atomic E-state index is 13.1. The SMILES string of the molecule is C=CC(=O)OCOc1ccc(OC(=O)C2CCC(COc3ccc(C4CCC(CCC)CC4)cc3/C=N/N(CCOCCOC)c3nc4ccccc4s3)CC2)cc1. The predicted octanol–water partition coefficient (Wildman–Crippen LogP) is 9.73. The minimum atomic E-state index is -0.564. The summed E-state index contributed by atoms with van der Waals surface area (Å²) in [6, 6.07) is 21.5. The van der Waals surface area contributed by atoms with Crippen molar-refractivity contribution in [2.75, 3.05) is 51.9 Å². The van der Waals surface area contributed by atoms with Crippen molar-refractivity contribution in [3.63, 3.8) is 0 Å². The van der Waals surface area contributed by atoms with Crippen molar-refractivity contribution >= 4 is 44.8 Å². The zero-order valence-electron chi connectivity index (χ0n) is 33.9. The van der Waals surface area contributed by atoms with E-state index in [0.717, 1.165) is 64.3 Å². The first kappa shape index (κ1) is 42.8. The summed E-state index contributed by atoms with van der Waals surface area (Å²) < 4.78 is 34.7. The molecule has 6 rings (SSSR count). The van der Waals surface area contributed by atoms with Crippen LogP contribution in [0.3, 0.4) is 0 Å². The molecule has 58 heavy (non-hydrogen) atoms. The van der Waals surface area contributed by atoms with E-state index in [1.54, 1.807) is 42.7 Å². The summed E-state index contributed by atoms with van der Waals surface area (Å²) in [7, 11) is 1.67. The molecule has 2 aliphatic carbocycles. The van der Waals surface area contributed by atoms with E-state index in [1.807, 2.05) is 29.4 Å². The minimum Gasteiger partial charge on any atom is -0.493 e. The van der Waals surface area contributed by atoms with Crippen molar-refractivity contribution in [1.82, 2.24) is 4.98 Å². The predicted molar refractivity (Wildman–Crippen MR) is 228 cm³/mol. The second-order valence-electron chi connectivity index (χ2n) is 15.1. The zero-order chi connectivity index (χ0) is 40.5. The van der Waals surface area contributed by atoms with Crippen LogP contribution in [0.25, 0.3) is 10.2 Å². The molecular formula is C46H57N3O8S. The number of fused-ring (bicyclic) bond motifs is 1. The van der Waals surface area contributed by atoms with Gasteiger partial charge in [0.15, 0.2) is 0 Å². The van der Waals surface area contributed by atoms with Crippen LogP contribution in [0.4, 0.5) is 5.13 Å². The molecule has 0 amide bonds. The molecule has 0 atom stereocenters. The summed E-state index contributed by atoms with van der Waals surface area (Å²) in [6.07, 6.45) is 13.7. The third-order valence-electron chi connectivity index (χ3n) is 11.1. The van der Waals surface area contributed by atoms with Gasteiger partial charge in [0, 0.05) is 18.7 Å². The molecule has 310 valence electrons. The van der Waals surface area contributed by atoms with Gasteiger partial charge in [-0.3, -0.25) is 4.79 Å². The third kappa shape index (κ3) is 12.6. The molecule has 2 aliphatic rings. The van der Waals surface area contributed by atoms with Crippen LogP contribution in [-0.4, -0.2) is 70.0 Å². The van der Waals surface area contributed by atoms with Gasteiger partial charge >= 0.3 is 11.9 Å². The van der Waals surface area contributed by atoms with Crippen LogP contribution < -0.4 is 19.2 Å². The maximum Gasteiger partial charge on any atom is 0.333 e. The first-order valence-electron chi connectivity index (χ1n) is 20.7. The van der Waals surface area contributed by atoms with Gasteiger partial charge < -0.3 is 28.4 Å². The molecule has 2 fully saturated rings. The number of thiazole rings is 1. The van der Waals surface area contributed by atoms with E-state index in [4.69, 9.17) is 38.5 Å². The first-order chi connectivity index (χ1) is 28.4. The number of nitrogens with zero attached hydrogens (tertiary/aromatic N) is 3. The molecule has 1 aromatic heterocycles. The molecule has 2 saturated carbocycles. The number of ether oxygens (including phenoxy) is 6. The highest BCUT2D eigenvalue weighted by Crippen LogP contribution is 2.39. The number of esters is 2. The van der Waals surface area contributed by atoms with E-state index in [1.165, 1.54) is 44.1 Å². The van der Waals surface area contributed by atoms with Crippen molar-refractivity contribution in [3.05, 3.63) is 90.5 Å². The number of para-hydroxylation sites is 1. The minimum absolute atomic E-state index is 0.174. The quantitative estimate of drug-likeness (QED) is 0.0153. The molecule has 0 aliphatic heterocycles. The molecule has 0 spiro atoms. The molecule has 0 N–H and O–H groups in total. The van der Waals surface area contributed by atoms with Gasteiger partial charge in [-0.05, 0) is 123 Å². The van der Waals surface area contributed by atoms with Gasteiger partial charge in [0.05, 0.1) is 55.3 Å². The van der Waals surface area contributed by atoms with E-state index in [9.17, 15) is 9.59 Å². The van der Waals surface area contributed by atoms with Gasteiger partial charge in [-0.2, -0.15) is 5.10 Å². The molecule has 0 saturated heterocycles. The molecule has 3 aromatic carbocycles. The van der Waals surface area contributed by atoms with Gasteiger partial charge in [-0.1, -0.05) is 55.9 Å². The molecular weight excluding hydrogens is 755 g/mol. The standard InChI is InChI=1S/C46H57N3O8S/c1-4-8-33-11-15-35(16-12-33)37-19-24-42(38(29-37)30-47-49(25-26-53-28-27-52-3)46-48-41-9-6-7-10-43(41)58-46)54-31-34-13-17-36(18-14-34)45(51)57-40-22-20-39(21-23-40)55-32-56-44(50)5-2/h5-7,9-10,19-24,29-30,33-36H,2,4,8,11-18,25-28,31-32H2,1,3H3/b47-30+. The Kier molecular flexibility index (Phi) is 16.5. The van der Waals surface area contributed by atoms with Crippen LogP contribution >= 0.6 is 11.3 Å². The van der Waals surface area contributed by atoms with Gasteiger partial charge in [0.2, 0.25) is 11.9 Å². The van der Waals surface area contributed by atoms with E-state index >= 15 is 0 Å². The monoisotopic (exact) mass is 811 g/mol. The Bertz CT molecular complexity index is 1900. The van der Waals surface area contributed by atoms with Gasteiger partial charge in [-0.15, -0.1) is 0 Å². The first-order valence-corrected chi connectivity index (χ1v) is 21.5. The summed E-state index contributed by atoms with van der Waals surface area (Å²) in [6.45, 7) is 8.04. The van der Waals surface area contributed by atoms with E-state index in [0.29, 0.717) is 56.3 Å². The molecule has 0 radical (unpaired) electrons. The number of hydrogen-bond donors (Lipinski definition) is 0. The molecule has 11 nitrogen and oxygen atoms in total. The zero-order valence-corrected chi connectivity index (χ0v) is 34.7. The highest BCUT2D eigenvalue weighted by Gasteiger charge is 2.29. The lowest BCUT2D eigenvalue weighted by Gasteiger charge is -2.29. The summed E-state index contributed by atoms with van der Waals surface area (Å²) in [5.41, 5.74) is 3.24. The van der Waals surface area contributed by atoms with Crippen LogP contribution in [0.2, 0.25) is 0 Å². The third-order valence-corrected chi connectivity index (χ3v) is 12.1. The lowest BCUT2D eigenvalue weighted by molar-refractivity contribution is -0.144. The fraction of sp³-hybridized carbons (Fsp3) is 0.478. The number of anilines is 1. The Balaban J connectivity index is 1.09. The van der Waals surface area contributed by atoms with Crippen LogP contribution in [0, 0.1) is 17.8 Å². The van der Waals surface area contributed by atoms with Crippen molar-refractivity contribution in [3.8, 4) is 17.2 Å². The smallest absolute Gasteiger partial charge is 0.333 e. The average molecular weight is 812 g/mol. The Labute approximate surface area is 346 Å². The van der Waals surface area contributed by atoms with Crippen LogP contribution in [0.15, 0.2) is 84.5 Å². The topological polar surface area (TPSA) is 118 Å². The van der Waals surface area contributed by atoms with Gasteiger partial charge in [0.25, 0.3) is 0 Å². The molecule has 0 bridgehead atoms. The molecule has 4 aromatic rings. The summed E-state index contributed by atoms with van der Waals surface area (Å²) in [5.74, 6) is 2.45. The van der Waals surface area contributed by atoms with E-state index in [2.05, 4.69) is 37.8 Å².